The van der Waals surface area contributed by atoms with Crippen LogP contribution in [0.1, 0.15) is 25.7 Å². The lowest BCUT2D eigenvalue weighted by Crippen LogP contribution is -2.42. The third kappa shape index (κ3) is 2.75. The number of likely N-dealkylation sites (tertiary alicyclic amines) is 1. The molecule has 0 bridgehead atoms. The molecule has 18 heavy (non-hydrogen) atoms. The molecule has 2 fully saturated rings. The number of nitrogens with one attached hydrogen (secondary N) is 1. The van der Waals surface area contributed by atoms with Gasteiger partial charge < -0.3 is 20.4 Å². The van der Waals surface area contributed by atoms with Crippen molar-refractivity contribution in [1.29, 1.82) is 0 Å². The molecular formula is C12H20N2O4. The van der Waals surface area contributed by atoms with Crippen LogP contribution in [0.4, 0.5) is 4.79 Å². The van der Waals surface area contributed by atoms with Crippen molar-refractivity contribution in [1.82, 2.24) is 10.2 Å². The van der Waals surface area contributed by atoms with E-state index in [4.69, 9.17) is 10.2 Å². The summed E-state index contributed by atoms with van der Waals surface area (Å²) in [6.07, 6.45) is 2.94. The van der Waals surface area contributed by atoms with Crippen molar-refractivity contribution in [2.75, 3.05) is 26.2 Å². The lowest BCUT2D eigenvalue weighted by atomic mass is 10.1. The Labute approximate surface area is 106 Å². The van der Waals surface area contributed by atoms with Crippen LogP contribution in [-0.4, -0.2) is 53.4 Å². The third-order valence-electron chi connectivity index (χ3n) is 4.00. The van der Waals surface area contributed by atoms with Gasteiger partial charge >= 0.3 is 12.0 Å². The fourth-order valence-electron chi connectivity index (χ4n) is 2.41. The molecule has 1 heterocycles. The molecule has 1 saturated carbocycles. The second kappa shape index (κ2) is 5.14. The summed E-state index contributed by atoms with van der Waals surface area (Å²) < 4.78 is 0. The quantitative estimate of drug-likeness (QED) is 0.658. The second-order valence-corrected chi connectivity index (χ2v) is 5.36. The molecule has 2 amide bonds. The van der Waals surface area contributed by atoms with Gasteiger partial charge in [0.15, 0.2) is 0 Å². The van der Waals surface area contributed by atoms with E-state index in [1.54, 1.807) is 4.90 Å². The number of nitrogens with zero attached hydrogens (tertiary/aromatic N) is 1. The Morgan fingerprint density at radius 1 is 1.39 bits per heavy atom. The van der Waals surface area contributed by atoms with E-state index in [-0.39, 0.29) is 19.2 Å². The highest BCUT2D eigenvalue weighted by Gasteiger charge is 2.50. The Kier molecular flexibility index (Phi) is 3.75. The molecule has 0 aromatic carbocycles. The zero-order chi connectivity index (χ0) is 13.2. The molecule has 1 unspecified atom stereocenters. The van der Waals surface area contributed by atoms with Gasteiger partial charge in [-0.25, -0.2) is 4.79 Å². The van der Waals surface area contributed by atoms with Crippen LogP contribution in [0, 0.1) is 11.3 Å². The van der Waals surface area contributed by atoms with Crippen LogP contribution in [0.2, 0.25) is 0 Å². The number of aliphatic carboxylic acids is 1. The number of hydrogen-bond acceptors (Lipinski definition) is 3. The van der Waals surface area contributed by atoms with Crippen LogP contribution in [0.15, 0.2) is 0 Å². The summed E-state index contributed by atoms with van der Waals surface area (Å²) in [5, 5.41) is 20.6. The summed E-state index contributed by atoms with van der Waals surface area (Å²) in [7, 11) is 0. The predicted molar refractivity (Wildman–Crippen MR) is 64.1 cm³/mol. The Morgan fingerprint density at radius 2 is 2.11 bits per heavy atom. The monoisotopic (exact) mass is 256 g/mol. The highest BCUT2D eigenvalue weighted by Crippen LogP contribution is 2.45. The highest BCUT2D eigenvalue weighted by atomic mass is 16.4. The number of carboxylic acids is 1. The van der Waals surface area contributed by atoms with E-state index in [1.165, 1.54) is 0 Å². The Hall–Kier alpha value is -1.30. The molecule has 1 saturated heterocycles. The first-order valence-corrected chi connectivity index (χ1v) is 6.44. The average molecular weight is 256 g/mol. The zero-order valence-corrected chi connectivity index (χ0v) is 10.4. The van der Waals surface area contributed by atoms with Gasteiger partial charge in [-0.05, 0) is 31.6 Å². The number of rotatable bonds is 5. The summed E-state index contributed by atoms with van der Waals surface area (Å²) in [5.74, 6) is -0.447. The summed E-state index contributed by atoms with van der Waals surface area (Å²) in [6.45, 7) is 1.73. The van der Waals surface area contributed by atoms with Gasteiger partial charge in [0.05, 0.1) is 5.41 Å². The van der Waals surface area contributed by atoms with E-state index in [1.807, 2.05) is 0 Å². The molecule has 6 heteroatoms. The van der Waals surface area contributed by atoms with Gasteiger partial charge in [-0.2, -0.15) is 0 Å². The molecule has 0 aromatic heterocycles. The zero-order valence-electron chi connectivity index (χ0n) is 10.4. The molecule has 0 spiro atoms. The van der Waals surface area contributed by atoms with Gasteiger partial charge in [0.2, 0.25) is 0 Å². The summed E-state index contributed by atoms with van der Waals surface area (Å²) in [6, 6.07) is -0.178. The van der Waals surface area contributed by atoms with E-state index in [9.17, 15) is 9.59 Å². The average Bonchev–Trinajstić information content (AvgIpc) is 3.00. The summed E-state index contributed by atoms with van der Waals surface area (Å²) >= 11 is 0. The normalized spacial score (nSPS) is 24.9. The van der Waals surface area contributed by atoms with Gasteiger partial charge in [-0.3, -0.25) is 4.79 Å². The molecule has 1 aliphatic heterocycles. The van der Waals surface area contributed by atoms with Crippen molar-refractivity contribution in [2.24, 2.45) is 11.3 Å². The number of carboxylic acid groups (broad SMARTS) is 1. The van der Waals surface area contributed by atoms with Crippen LogP contribution >= 0.6 is 0 Å². The van der Waals surface area contributed by atoms with Crippen molar-refractivity contribution >= 4 is 12.0 Å². The predicted octanol–water partition coefficient (Wildman–Crippen LogP) is 0.265. The van der Waals surface area contributed by atoms with Gasteiger partial charge in [0.25, 0.3) is 0 Å². The first kappa shape index (κ1) is 13.1. The van der Waals surface area contributed by atoms with Gasteiger partial charge in [0.1, 0.15) is 0 Å². The minimum Gasteiger partial charge on any atom is -0.481 e. The number of amides is 2. The van der Waals surface area contributed by atoms with E-state index in [0.717, 1.165) is 12.8 Å². The SMILES string of the molecule is O=C(NCC1(C(=O)O)CC1)N1CCC(CCO)C1. The van der Waals surface area contributed by atoms with E-state index in [2.05, 4.69) is 5.32 Å². The highest BCUT2D eigenvalue weighted by molar-refractivity contribution is 5.80. The van der Waals surface area contributed by atoms with Crippen molar-refractivity contribution in [2.45, 2.75) is 25.7 Å². The Morgan fingerprint density at radius 3 is 2.67 bits per heavy atom. The van der Waals surface area contributed by atoms with Crippen LogP contribution in [-0.2, 0) is 4.79 Å². The molecule has 6 nitrogen and oxygen atoms in total. The maximum Gasteiger partial charge on any atom is 0.317 e. The summed E-state index contributed by atoms with van der Waals surface area (Å²) in [5.41, 5.74) is -0.708. The number of carbonyl (C=O) groups is 2. The van der Waals surface area contributed by atoms with Crippen LogP contribution in [0.25, 0.3) is 0 Å². The van der Waals surface area contributed by atoms with Crippen LogP contribution in [0.3, 0.4) is 0 Å². The molecule has 2 aliphatic rings. The van der Waals surface area contributed by atoms with Crippen molar-refractivity contribution < 1.29 is 19.8 Å². The van der Waals surface area contributed by atoms with E-state index < -0.39 is 11.4 Å². The van der Waals surface area contributed by atoms with Gasteiger partial charge in [-0.1, -0.05) is 0 Å². The van der Waals surface area contributed by atoms with Gasteiger partial charge in [-0.15, -0.1) is 0 Å². The lowest BCUT2D eigenvalue weighted by Gasteiger charge is -2.19. The van der Waals surface area contributed by atoms with Crippen molar-refractivity contribution in [3.8, 4) is 0 Å². The molecule has 2 rings (SSSR count). The molecule has 1 atom stereocenters. The van der Waals surface area contributed by atoms with Crippen molar-refractivity contribution in [3.63, 3.8) is 0 Å². The van der Waals surface area contributed by atoms with E-state index in [0.29, 0.717) is 31.8 Å². The maximum absolute atomic E-state index is 11.9. The third-order valence-corrected chi connectivity index (χ3v) is 4.00. The number of carbonyl (C=O) groups excluding carboxylic acids is 1. The minimum absolute atomic E-state index is 0.155. The standard InChI is InChI=1S/C12H20N2O4/c15-6-2-9-1-5-14(7-9)11(18)13-8-12(3-4-12)10(16)17/h9,15H,1-8H2,(H,13,18)(H,16,17). The topological polar surface area (TPSA) is 89.9 Å². The molecule has 1 aliphatic carbocycles. The number of aliphatic hydroxyl groups excluding tert-OH is 1. The Bertz CT molecular complexity index is 341. The fraction of sp³-hybridized carbons (Fsp3) is 0.833. The molecule has 0 radical (unpaired) electrons. The van der Waals surface area contributed by atoms with Crippen LogP contribution in [0.5, 0.6) is 0 Å². The largest absolute Gasteiger partial charge is 0.481 e. The summed E-state index contributed by atoms with van der Waals surface area (Å²) in [4.78, 5) is 24.5. The minimum atomic E-state index is -0.817. The lowest BCUT2D eigenvalue weighted by molar-refractivity contribution is -0.143. The second-order valence-electron chi connectivity index (χ2n) is 5.36. The number of aliphatic hydroxyl groups is 1. The smallest absolute Gasteiger partial charge is 0.317 e. The molecular weight excluding hydrogens is 236 g/mol. The molecule has 3 N–H and O–H groups in total. The fourth-order valence-corrected chi connectivity index (χ4v) is 2.41. The van der Waals surface area contributed by atoms with Gasteiger partial charge in [0, 0.05) is 26.2 Å². The van der Waals surface area contributed by atoms with Crippen molar-refractivity contribution in [3.05, 3.63) is 0 Å². The first-order valence-electron chi connectivity index (χ1n) is 6.44. The molecule has 0 aromatic rings. The number of urea groups is 1. The number of hydrogen-bond donors (Lipinski definition) is 3. The first-order chi connectivity index (χ1) is 8.57. The van der Waals surface area contributed by atoms with Crippen LogP contribution < -0.4 is 5.32 Å². The maximum atomic E-state index is 11.9. The Balaban J connectivity index is 1.74. The van der Waals surface area contributed by atoms with E-state index >= 15 is 0 Å². The molecule has 102 valence electrons.